The minimum Gasteiger partial charge on any atom is -0.377 e. The Morgan fingerprint density at radius 1 is 1.06 bits per heavy atom. The molecule has 0 aromatic heterocycles. The Morgan fingerprint density at radius 3 is 2.50 bits per heavy atom. The van der Waals surface area contributed by atoms with Gasteiger partial charge >= 0.3 is 0 Å². The van der Waals surface area contributed by atoms with Crippen LogP contribution in [0.5, 0.6) is 0 Å². The number of likely N-dealkylation sites (N-methyl/N-ethyl adjacent to an activating group) is 2. The molecule has 106 valence electrons. The number of nitrogens with zero attached hydrogens (tertiary/aromatic N) is 1. The van der Waals surface area contributed by atoms with Crippen LogP contribution >= 0.6 is 0 Å². The lowest BCUT2D eigenvalue weighted by molar-refractivity contribution is 0.0564. The Hall–Kier alpha value is -0.120. The molecule has 0 aromatic rings. The van der Waals surface area contributed by atoms with Crippen LogP contribution in [0.15, 0.2) is 0 Å². The first kappa shape index (κ1) is 14.3. The summed E-state index contributed by atoms with van der Waals surface area (Å²) < 4.78 is 5.78. The van der Waals surface area contributed by atoms with Gasteiger partial charge in [0, 0.05) is 25.2 Å². The molecule has 3 nitrogen and oxygen atoms in total. The van der Waals surface area contributed by atoms with Gasteiger partial charge in [-0.25, -0.2) is 0 Å². The van der Waals surface area contributed by atoms with Crippen molar-refractivity contribution in [3.63, 3.8) is 0 Å². The van der Waals surface area contributed by atoms with Gasteiger partial charge < -0.3 is 10.1 Å². The number of nitrogens with one attached hydrogen (secondary N) is 1. The van der Waals surface area contributed by atoms with E-state index < -0.39 is 0 Å². The fraction of sp³-hybridized carbons (Fsp3) is 1.00. The fourth-order valence-corrected chi connectivity index (χ4v) is 3.57. The van der Waals surface area contributed by atoms with Gasteiger partial charge in [0.25, 0.3) is 0 Å². The van der Waals surface area contributed by atoms with Crippen molar-refractivity contribution >= 4 is 0 Å². The molecule has 3 heteroatoms. The Bertz CT molecular complexity index is 229. The van der Waals surface area contributed by atoms with E-state index in [1.54, 1.807) is 0 Å². The number of rotatable bonds is 4. The summed E-state index contributed by atoms with van der Waals surface area (Å²) in [5.74, 6) is 0. The van der Waals surface area contributed by atoms with Crippen LogP contribution in [0, 0.1) is 0 Å². The summed E-state index contributed by atoms with van der Waals surface area (Å²) in [6, 6.07) is 1.36. The minimum atomic E-state index is 0.484. The van der Waals surface area contributed by atoms with Gasteiger partial charge in [0.15, 0.2) is 0 Å². The van der Waals surface area contributed by atoms with Crippen LogP contribution < -0.4 is 5.32 Å². The highest BCUT2D eigenvalue weighted by Gasteiger charge is 2.27. The third-order valence-corrected chi connectivity index (χ3v) is 4.68. The van der Waals surface area contributed by atoms with Gasteiger partial charge in [-0.3, -0.25) is 4.90 Å². The monoisotopic (exact) mass is 254 g/mol. The van der Waals surface area contributed by atoms with Crippen LogP contribution in [0.1, 0.15) is 51.4 Å². The normalized spacial score (nSPS) is 34.5. The molecular weight excluding hydrogens is 224 g/mol. The number of hydrogen-bond acceptors (Lipinski definition) is 3. The largest absolute Gasteiger partial charge is 0.377 e. The van der Waals surface area contributed by atoms with E-state index in [2.05, 4.69) is 24.3 Å². The van der Waals surface area contributed by atoms with Crippen LogP contribution in [0.25, 0.3) is 0 Å². The molecule has 2 fully saturated rings. The Kier molecular flexibility index (Phi) is 5.93. The first-order valence-corrected chi connectivity index (χ1v) is 7.80. The molecule has 1 saturated heterocycles. The smallest absolute Gasteiger partial charge is 0.0702 e. The number of hydrogen-bond donors (Lipinski definition) is 1. The van der Waals surface area contributed by atoms with E-state index >= 15 is 0 Å². The van der Waals surface area contributed by atoms with Crippen molar-refractivity contribution < 1.29 is 4.74 Å². The molecule has 18 heavy (non-hydrogen) atoms. The highest BCUT2D eigenvalue weighted by atomic mass is 16.5. The van der Waals surface area contributed by atoms with Crippen molar-refractivity contribution in [3.05, 3.63) is 0 Å². The zero-order valence-corrected chi connectivity index (χ0v) is 12.2. The fourth-order valence-electron chi connectivity index (χ4n) is 3.57. The van der Waals surface area contributed by atoms with Gasteiger partial charge in [-0.15, -0.1) is 0 Å². The molecule has 1 aliphatic heterocycles. The average molecular weight is 254 g/mol. The van der Waals surface area contributed by atoms with Crippen LogP contribution in [-0.2, 0) is 4.74 Å². The van der Waals surface area contributed by atoms with E-state index in [0.29, 0.717) is 18.2 Å². The van der Waals surface area contributed by atoms with Crippen molar-refractivity contribution in [2.45, 2.75) is 69.6 Å². The zero-order valence-electron chi connectivity index (χ0n) is 12.2. The Morgan fingerprint density at radius 2 is 1.83 bits per heavy atom. The molecule has 1 heterocycles. The highest BCUT2D eigenvalue weighted by molar-refractivity contribution is 4.85. The van der Waals surface area contributed by atoms with E-state index in [4.69, 9.17) is 4.74 Å². The van der Waals surface area contributed by atoms with Crippen LogP contribution in [0.3, 0.4) is 0 Å². The van der Waals surface area contributed by atoms with Crippen molar-refractivity contribution in [1.29, 1.82) is 0 Å². The quantitative estimate of drug-likeness (QED) is 0.834. The van der Waals surface area contributed by atoms with Crippen LogP contribution in [0.2, 0.25) is 0 Å². The molecule has 3 unspecified atom stereocenters. The molecule has 1 N–H and O–H groups in total. The molecule has 2 rings (SSSR count). The van der Waals surface area contributed by atoms with Crippen molar-refractivity contribution in [2.24, 2.45) is 0 Å². The summed E-state index contributed by atoms with van der Waals surface area (Å²) >= 11 is 0. The van der Waals surface area contributed by atoms with Crippen molar-refractivity contribution in [2.75, 3.05) is 27.2 Å². The lowest BCUT2D eigenvalue weighted by atomic mass is 9.91. The van der Waals surface area contributed by atoms with Gasteiger partial charge in [0.2, 0.25) is 0 Å². The van der Waals surface area contributed by atoms with E-state index in [1.807, 2.05) is 0 Å². The summed E-state index contributed by atoms with van der Waals surface area (Å²) in [5, 5.41) is 3.55. The van der Waals surface area contributed by atoms with E-state index in [9.17, 15) is 0 Å². The van der Waals surface area contributed by atoms with Crippen molar-refractivity contribution in [1.82, 2.24) is 10.2 Å². The maximum absolute atomic E-state index is 5.78. The number of ether oxygens (including phenoxy) is 1. The van der Waals surface area contributed by atoms with E-state index in [0.717, 1.165) is 13.2 Å². The molecule has 0 spiro atoms. The summed E-state index contributed by atoms with van der Waals surface area (Å²) in [6.07, 6.45) is 11.3. The lowest BCUT2D eigenvalue weighted by Gasteiger charge is -2.37. The predicted molar refractivity (Wildman–Crippen MR) is 75.9 cm³/mol. The molecule has 2 aliphatic rings. The van der Waals surface area contributed by atoms with Gasteiger partial charge in [-0.2, -0.15) is 0 Å². The standard InChI is InChI=1S/C15H30N2O/c1-16-14-9-5-3-4-6-10-15(14)17(2)12-13-8-7-11-18-13/h13-16H,3-12H2,1-2H3. The molecule has 0 amide bonds. The minimum absolute atomic E-state index is 0.484. The molecule has 0 bridgehead atoms. The van der Waals surface area contributed by atoms with Crippen LogP contribution in [-0.4, -0.2) is 50.3 Å². The SMILES string of the molecule is CNC1CCCCCCC1N(C)CC1CCCO1. The second kappa shape index (κ2) is 7.46. The third-order valence-electron chi connectivity index (χ3n) is 4.68. The van der Waals surface area contributed by atoms with E-state index in [-0.39, 0.29) is 0 Å². The molecule has 0 radical (unpaired) electrons. The van der Waals surface area contributed by atoms with E-state index in [1.165, 1.54) is 51.4 Å². The Balaban J connectivity index is 1.88. The van der Waals surface area contributed by atoms with Gasteiger partial charge in [-0.05, 0) is 39.8 Å². The van der Waals surface area contributed by atoms with Gasteiger partial charge in [0.05, 0.1) is 6.10 Å². The average Bonchev–Trinajstić information content (AvgIpc) is 2.81. The topological polar surface area (TPSA) is 24.5 Å². The second-order valence-electron chi connectivity index (χ2n) is 6.03. The molecule has 3 atom stereocenters. The first-order valence-electron chi connectivity index (χ1n) is 7.80. The summed E-state index contributed by atoms with van der Waals surface area (Å²) in [4.78, 5) is 2.56. The first-order chi connectivity index (χ1) is 8.81. The second-order valence-corrected chi connectivity index (χ2v) is 6.03. The van der Waals surface area contributed by atoms with Crippen LogP contribution in [0.4, 0.5) is 0 Å². The maximum Gasteiger partial charge on any atom is 0.0702 e. The molecular formula is C15H30N2O. The van der Waals surface area contributed by atoms with Gasteiger partial charge in [0.1, 0.15) is 0 Å². The maximum atomic E-state index is 5.78. The zero-order chi connectivity index (χ0) is 12.8. The third kappa shape index (κ3) is 3.94. The summed E-state index contributed by atoms with van der Waals surface area (Å²) in [6.45, 7) is 2.08. The molecule has 1 aliphatic carbocycles. The van der Waals surface area contributed by atoms with Gasteiger partial charge in [-0.1, -0.05) is 25.7 Å². The summed E-state index contributed by atoms with van der Waals surface area (Å²) in [5.41, 5.74) is 0. The molecule has 0 aromatic carbocycles. The molecule has 1 saturated carbocycles. The van der Waals surface area contributed by atoms with Crippen molar-refractivity contribution in [3.8, 4) is 0 Å². The predicted octanol–water partition coefficient (Wildman–Crippen LogP) is 2.41. The lowest BCUT2D eigenvalue weighted by Crippen LogP contribution is -2.49. The summed E-state index contributed by atoms with van der Waals surface area (Å²) in [7, 11) is 4.41. The highest BCUT2D eigenvalue weighted by Crippen LogP contribution is 2.23. The Labute approximate surface area is 112 Å².